The van der Waals surface area contributed by atoms with E-state index in [4.69, 9.17) is 0 Å². The highest BCUT2D eigenvalue weighted by atomic mass is 16.2. The van der Waals surface area contributed by atoms with Crippen LogP contribution >= 0.6 is 0 Å². The predicted molar refractivity (Wildman–Crippen MR) is 152 cm³/mol. The third-order valence-corrected chi connectivity index (χ3v) is 7.42. The SMILES string of the molecule is O=C(Cc1ccccc1)NCCCCCCCCCCNc1cccc2c1C(=O)N(C1CCC(=O)NC1=O)C2=O. The summed E-state index contributed by atoms with van der Waals surface area (Å²) in [5.74, 6) is -1.91. The van der Waals surface area contributed by atoms with E-state index in [1.165, 1.54) is 6.42 Å². The maximum absolute atomic E-state index is 13.1. The molecule has 1 unspecified atom stereocenters. The molecule has 1 fully saturated rings. The second-order valence-corrected chi connectivity index (χ2v) is 10.4. The van der Waals surface area contributed by atoms with Crippen molar-refractivity contribution in [3.63, 3.8) is 0 Å². The molecule has 9 nitrogen and oxygen atoms in total. The van der Waals surface area contributed by atoms with Crippen LogP contribution in [0.2, 0.25) is 0 Å². The van der Waals surface area contributed by atoms with E-state index in [1.54, 1.807) is 18.2 Å². The Labute approximate surface area is 235 Å². The van der Waals surface area contributed by atoms with Crippen LogP contribution in [0.1, 0.15) is 90.5 Å². The van der Waals surface area contributed by atoms with Gasteiger partial charge in [-0.2, -0.15) is 0 Å². The van der Waals surface area contributed by atoms with Crippen molar-refractivity contribution in [1.29, 1.82) is 0 Å². The first-order valence-electron chi connectivity index (χ1n) is 14.3. The molecule has 212 valence electrons. The molecule has 3 N–H and O–H groups in total. The zero-order valence-electron chi connectivity index (χ0n) is 22.9. The third kappa shape index (κ3) is 7.55. The molecule has 0 bridgehead atoms. The van der Waals surface area contributed by atoms with Gasteiger partial charge in [0.1, 0.15) is 6.04 Å². The van der Waals surface area contributed by atoms with Gasteiger partial charge in [-0.1, -0.05) is 74.9 Å². The second-order valence-electron chi connectivity index (χ2n) is 10.4. The van der Waals surface area contributed by atoms with Gasteiger partial charge in [-0.3, -0.25) is 34.2 Å². The summed E-state index contributed by atoms with van der Waals surface area (Å²) in [6.45, 7) is 1.40. The van der Waals surface area contributed by atoms with Crippen LogP contribution < -0.4 is 16.0 Å². The normalized spacial score (nSPS) is 16.6. The highest BCUT2D eigenvalue weighted by Gasteiger charge is 2.45. The van der Waals surface area contributed by atoms with Crippen LogP contribution in [-0.2, 0) is 20.8 Å². The lowest BCUT2D eigenvalue weighted by atomic mass is 10.0. The van der Waals surface area contributed by atoms with Crippen LogP contribution in [-0.4, -0.2) is 53.6 Å². The topological polar surface area (TPSA) is 125 Å². The van der Waals surface area contributed by atoms with E-state index in [2.05, 4.69) is 16.0 Å². The number of fused-ring (bicyclic) bond motifs is 1. The molecule has 2 aliphatic heterocycles. The number of carbonyl (C=O) groups excluding carboxylic acids is 5. The lowest BCUT2D eigenvalue weighted by Crippen LogP contribution is -2.54. The van der Waals surface area contributed by atoms with E-state index in [9.17, 15) is 24.0 Å². The Hall–Kier alpha value is -4.01. The first-order valence-corrected chi connectivity index (χ1v) is 14.3. The fraction of sp³-hybridized carbons (Fsp3) is 0.452. The predicted octanol–water partition coefficient (Wildman–Crippen LogP) is 3.98. The van der Waals surface area contributed by atoms with Crippen LogP contribution in [0.3, 0.4) is 0 Å². The van der Waals surface area contributed by atoms with Gasteiger partial charge in [-0.15, -0.1) is 0 Å². The fourth-order valence-corrected chi connectivity index (χ4v) is 5.27. The van der Waals surface area contributed by atoms with Crippen LogP contribution in [0.5, 0.6) is 0 Å². The van der Waals surface area contributed by atoms with Gasteiger partial charge >= 0.3 is 0 Å². The molecule has 1 atom stereocenters. The molecule has 40 heavy (non-hydrogen) atoms. The van der Waals surface area contributed by atoms with Crippen molar-refractivity contribution in [2.75, 3.05) is 18.4 Å². The smallest absolute Gasteiger partial charge is 0.264 e. The molecule has 2 aromatic carbocycles. The van der Waals surface area contributed by atoms with Crippen LogP contribution in [0.15, 0.2) is 48.5 Å². The van der Waals surface area contributed by atoms with Crippen LogP contribution in [0, 0.1) is 0 Å². The first kappa shape index (κ1) is 29.0. The summed E-state index contributed by atoms with van der Waals surface area (Å²) in [5, 5.41) is 8.51. The molecule has 0 aliphatic carbocycles. The van der Waals surface area contributed by atoms with Crippen molar-refractivity contribution in [2.45, 2.75) is 76.7 Å². The third-order valence-electron chi connectivity index (χ3n) is 7.42. The van der Waals surface area contributed by atoms with E-state index in [0.29, 0.717) is 24.2 Å². The minimum absolute atomic E-state index is 0.0721. The number of nitrogens with zero attached hydrogens (tertiary/aromatic N) is 1. The number of nitrogens with one attached hydrogen (secondary N) is 3. The summed E-state index contributed by atoms with van der Waals surface area (Å²) in [6.07, 6.45) is 9.39. The average molecular weight is 547 g/mol. The minimum atomic E-state index is -0.962. The molecule has 2 aromatic rings. The lowest BCUT2D eigenvalue weighted by Gasteiger charge is -2.27. The fourth-order valence-electron chi connectivity index (χ4n) is 5.27. The van der Waals surface area contributed by atoms with Crippen LogP contribution in [0.25, 0.3) is 0 Å². The van der Waals surface area contributed by atoms with Crippen molar-refractivity contribution in [2.24, 2.45) is 0 Å². The van der Waals surface area contributed by atoms with Gasteiger partial charge in [0.05, 0.1) is 17.5 Å². The Balaban J connectivity index is 1.08. The maximum Gasteiger partial charge on any atom is 0.264 e. The number of unbranched alkanes of at least 4 members (excludes halogenated alkanes) is 7. The highest BCUT2D eigenvalue weighted by molar-refractivity contribution is 6.25. The second kappa shape index (κ2) is 14.4. The molecule has 5 amide bonds. The van der Waals surface area contributed by atoms with E-state index >= 15 is 0 Å². The van der Waals surface area contributed by atoms with Crippen molar-refractivity contribution < 1.29 is 24.0 Å². The Kier molecular flexibility index (Phi) is 10.4. The number of anilines is 1. The molecular weight excluding hydrogens is 508 g/mol. The summed E-state index contributed by atoms with van der Waals surface area (Å²) < 4.78 is 0. The molecule has 0 aromatic heterocycles. The summed E-state index contributed by atoms with van der Waals surface area (Å²) >= 11 is 0. The maximum atomic E-state index is 13.1. The average Bonchev–Trinajstić information content (AvgIpc) is 3.20. The molecule has 0 radical (unpaired) electrons. The molecule has 9 heteroatoms. The van der Waals surface area contributed by atoms with Gasteiger partial charge in [0.2, 0.25) is 17.7 Å². The monoisotopic (exact) mass is 546 g/mol. The molecule has 0 saturated carbocycles. The molecule has 2 aliphatic rings. The van der Waals surface area contributed by atoms with E-state index in [1.807, 2.05) is 30.3 Å². The number of amides is 5. The Bertz CT molecular complexity index is 1230. The Morgan fingerprint density at radius 3 is 2.17 bits per heavy atom. The zero-order chi connectivity index (χ0) is 28.3. The molecule has 2 heterocycles. The van der Waals surface area contributed by atoms with Gasteiger partial charge in [-0.05, 0) is 37.0 Å². The van der Waals surface area contributed by atoms with E-state index in [0.717, 1.165) is 62.0 Å². The standard InChI is InChI=1S/C31H38N4O5/c36-26-18-17-25(29(38)34-26)35-30(39)23-15-12-16-24(28(23)31(35)40)32-19-10-5-3-1-2-4-6-11-20-33-27(37)21-22-13-8-7-9-14-22/h7-9,12-16,25,32H,1-6,10-11,17-21H2,(H,33,37)(H,34,36,38). The summed E-state index contributed by atoms with van der Waals surface area (Å²) in [5.41, 5.74) is 2.22. The molecule has 1 saturated heterocycles. The lowest BCUT2D eigenvalue weighted by molar-refractivity contribution is -0.136. The molecule has 0 spiro atoms. The zero-order valence-corrected chi connectivity index (χ0v) is 22.9. The van der Waals surface area contributed by atoms with Crippen molar-refractivity contribution >= 4 is 35.2 Å². The highest BCUT2D eigenvalue weighted by Crippen LogP contribution is 2.32. The Morgan fingerprint density at radius 1 is 0.800 bits per heavy atom. The summed E-state index contributed by atoms with van der Waals surface area (Å²) in [4.78, 5) is 62.8. The van der Waals surface area contributed by atoms with Crippen LogP contribution in [0.4, 0.5) is 5.69 Å². The number of rotatable bonds is 15. The van der Waals surface area contributed by atoms with Gasteiger partial charge in [0.15, 0.2) is 0 Å². The summed E-state index contributed by atoms with van der Waals surface area (Å²) in [7, 11) is 0. The summed E-state index contributed by atoms with van der Waals surface area (Å²) in [6, 6.07) is 13.9. The molecule has 4 rings (SSSR count). The first-order chi connectivity index (χ1) is 19.5. The van der Waals surface area contributed by atoms with Gasteiger partial charge < -0.3 is 10.6 Å². The van der Waals surface area contributed by atoms with E-state index in [-0.39, 0.29) is 30.2 Å². The van der Waals surface area contributed by atoms with Gasteiger partial charge in [0.25, 0.3) is 11.8 Å². The number of hydrogen-bond donors (Lipinski definition) is 3. The van der Waals surface area contributed by atoms with Crippen molar-refractivity contribution in [1.82, 2.24) is 15.5 Å². The number of carbonyl (C=O) groups is 5. The molecular formula is C31H38N4O5. The number of imide groups is 2. The van der Waals surface area contributed by atoms with Gasteiger partial charge in [0, 0.05) is 25.2 Å². The quantitative estimate of drug-likeness (QED) is 0.229. The number of hydrogen-bond acceptors (Lipinski definition) is 6. The van der Waals surface area contributed by atoms with Gasteiger partial charge in [-0.25, -0.2) is 0 Å². The largest absolute Gasteiger partial charge is 0.384 e. The number of piperidine rings is 1. The van der Waals surface area contributed by atoms with E-state index < -0.39 is 23.8 Å². The van der Waals surface area contributed by atoms with Crippen molar-refractivity contribution in [3.05, 3.63) is 65.2 Å². The number of benzene rings is 2. The minimum Gasteiger partial charge on any atom is -0.384 e. The van der Waals surface area contributed by atoms with Crippen molar-refractivity contribution in [3.8, 4) is 0 Å². The Morgan fingerprint density at radius 2 is 1.48 bits per heavy atom.